The van der Waals surface area contributed by atoms with Crippen LogP contribution >= 0.6 is 0 Å². The van der Waals surface area contributed by atoms with Crippen LogP contribution in [0.2, 0.25) is 0 Å². The molecule has 8 heteroatoms. The van der Waals surface area contributed by atoms with Crippen molar-refractivity contribution in [2.75, 3.05) is 25.5 Å². The predicted molar refractivity (Wildman–Crippen MR) is 107 cm³/mol. The number of nitro benzene ring substituents is 1. The number of nitrogens with zero attached hydrogens (tertiary/aromatic N) is 4. The fourth-order valence-corrected chi connectivity index (χ4v) is 2.86. The summed E-state index contributed by atoms with van der Waals surface area (Å²) in [6.07, 6.45) is 4.24. The first kappa shape index (κ1) is 19.1. The van der Waals surface area contributed by atoms with Crippen molar-refractivity contribution in [1.82, 2.24) is 15.1 Å². The number of rotatable bonds is 7. The summed E-state index contributed by atoms with van der Waals surface area (Å²) >= 11 is 0. The number of hydrogen-bond donors (Lipinski definition) is 1. The fraction of sp³-hybridized carbons (Fsp3) is 0.200. The minimum Gasteiger partial charge on any atom is -0.377 e. The van der Waals surface area contributed by atoms with Gasteiger partial charge < -0.3 is 10.2 Å². The summed E-state index contributed by atoms with van der Waals surface area (Å²) in [6, 6.07) is 14.1. The van der Waals surface area contributed by atoms with Crippen LogP contribution in [0.5, 0.6) is 0 Å². The largest absolute Gasteiger partial charge is 0.377 e. The SMILES string of the molecule is CN(C)c1ccc([N+](=O)[O-])cc1C(=O)NCCc1ccc(-n2cccn2)cc1. The van der Waals surface area contributed by atoms with E-state index in [4.69, 9.17) is 0 Å². The van der Waals surface area contributed by atoms with Gasteiger partial charge in [0, 0.05) is 50.9 Å². The molecule has 0 aliphatic carbocycles. The van der Waals surface area contributed by atoms with Gasteiger partial charge >= 0.3 is 0 Å². The Labute approximate surface area is 162 Å². The molecule has 0 fully saturated rings. The van der Waals surface area contributed by atoms with Gasteiger partial charge in [0.1, 0.15) is 0 Å². The molecule has 28 heavy (non-hydrogen) atoms. The van der Waals surface area contributed by atoms with Crippen LogP contribution in [0.15, 0.2) is 60.9 Å². The monoisotopic (exact) mass is 379 g/mol. The molecule has 0 bridgehead atoms. The molecule has 1 heterocycles. The lowest BCUT2D eigenvalue weighted by molar-refractivity contribution is -0.384. The third-order valence-corrected chi connectivity index (χ3v) is 4.32. The van der Waals surface area contributed by atoms with E-state index in [1.54, 1.807) is 35.9 Å². The molecule has 1 aromatic heterocycles. The summed E-state index contributed by atoms with van der Waals surface area (Å²) in [5.74, 6) is -0.333. The van der Waals surface area contributed by atoms with Gasteiger partial charge in [-0.05, 0) is 36.2 Å². The van der Waals surface area contributed by atoms with E-state index in [0.29, 0.717) is 18.7 Å². The van der Waals surface area contributed by atoms with E-state index in [1.807, 2.05) is 36.5 Å². The van der Waals surface area contributed by atoms with E-state index < -0.39 is 4.92 Å². The molecule has 0 spiro atoms. The maximum atomic E-state index is 12.6. The molecule has 1 N–H and O–H groups in total. The van der Waals surface area contributed by atoms with Gasteiger partial charge in [0.25, 0.3) is 11.6 Å². The highest BCUT2D eigenvalue weighted by atomic mass is 16.6. The topological polar surface area (TPSA) is 93.3 Å². The third kappa shape index (κ3) is 4.35. The lowest BCUT2D eigenvalue weighted by Gasteiger charge is -2.17. The number of carbonyl (C=O) groups is 1. The Morgan fingerprint density at radius 2 is 1.96 bits per heavy atom. The van der Waals surface area contributed by atoms with Crippen molar-refractivity contribution in [1.29, 1.82) is 0 Å². The Bertz CT molecular complexity index is 966. The van der Waals surface area contributed by atoms with Crippen molar-refractivity contribution in [3.63, 3.8) is 0 Å². The second-order valence-electron chi connectivity index (χ2n) is 6.48. The maximum absolute atomic E-state index is 12.6. The highest BCUT2D eigenvalue weighted by Crippen LogP contribution is 2.24. The summed E-state index contributed by atoms with van der Waals surface area (Å²) in [5.41, 5.74) is 2.85. The van der Waals surface area contributed by atoms with Gasteiger partial charge in [0.2, 0.25) is 0 Å². The molecule has 0 radical (unpaired) electrons. The summed E-state index contributed by atoms with van der Waals surface area (Å²) in [7, 11) is 3.58. The number of aromatic nitrogens is 2. The van der Waals surface area contributed by atoms with Crippen molar-refractivity contribution in [3.8, 4) is 5.69 Å². The molecule has 144 valence electrons. The zero-order valence-corrected chi connectivity index (χ0v) is 15.7. The molecule has 8 nitrogen and oxygen atoms in total. The van der Waals surface area contributed by atoms with Gasteiger partial charge in [0.05, 0.1) is 16.2 Å². The smallest absolute Gasteiger partial charge is 0.270 e. The van der Waals surface area contributed by atoms with Gasteiger partial charge in [0.15, 0.2) is 0 Å². The number of carbonyl (C=O) groups excluding carboxylic acids is 1. The van der Waals surface area contributed by atoms with Crippen LogP contribution < -0.4 is 10.2 Å². The Morgan fingerprint density at radius 3 is 2.57 bits per heavy atom. The fourth-order valence-electron chi connectivity index (χ4n) is 2.86. The maximum Gasteiger partial charge on any atom is 0.270 e. The number of nitrogens with one attached hydrogen (secondary N) is 1. The second kappa shape index (κ2) is 8.34. The van der Waals surface area contributed by atoms with Crippen LogP contribution in [-0.2, 0) is 6.42 Å². The van der Waals surface area contributed by atoms with Crippen LogP contribution in [0, 0.1) is 10.1 Å². The van der Waals surface area contributed by atoms with E-state index in [9.17, 15) is 14.9 Å². The Hall–Kier alpha value is -3.68. The summed E-state index contributed by atoms with van der Waals surface area (Å²) in [4.78, 5) is 24.8. The first-order valence-corrected chi connectivity index (χ1v) is 8.78. The van der Waals surface area contributed by atoms with Crippen molar-refractivity contribution in [3.05, 3.63) is 82.2 Å². The molecule has 0 atom stereocenters. The van der Waals surface area contributed by atoms with E-state index >= 15 is 0 Å². The average Bonchev–Trinajstić information content (AvgIpc) is 3.22. The molecule has 3 aromatic rings. The average molecular weight is 379 g/mol. The van der Waals surface area contributed by atoms with Crippen LogP contribution in [0.4, 0.5) is 11.4 Å². The quantitative estimate of drug-likeness (QED) is 0.503. The number of benzene rings is 2. The summed E-state index contributed by atoms with van der Waals surface area (Å²) in [6.45, 7) is 0.426. The van der Waals surface area contributed by atoms with Gasteiger partial charge in [-0.1, -0.05) is 12.1 Å². The molecule has 0 saturated heterocycles. The van der Waals surface area contributed by atoms with Crippen LogP contribution in [-0.4, -0.2) is 41.3 Å². The van der Waals surface area contributed by atoms with Gasteiger partial charge in [-0.2, -0.15) is 5.10 Å². The van der Waals surface area contributed by atoms with E-state index in [1.165, 1.54) is 12.1 Å². The minimum absolute atomic E-state index is 0.107. The summed E-state index contributed by atoms with van der Waals surface area (Å²) in [5, 5.41) is 18.1. The number of non-ortho nitro benzene ring substituents is 1. The standard InChI is InChI=1S/C20H21N5O3/c1-23(2)19-9-8-17(25(27)28)14-18(19)20(26)21-12-10-15-4-6-16(7-5-15)24-13-3-11-22-24/h3-9,11,13-14H,10,12H2,1-2H3,(H,21,26). The van der Waals surface area contributed by atoms with Crippen LogP contribution in [0.1, 0.15) is 15.9 Å². The second-order valence-corrected chi connectivity index (χ2v) is 6.48. The molecule has 2 aromatic carbocycles. The molecule has 0 aliphatic heterocycles. The van der Waals surface area contributed by atoms with Crippen LogP contribution in [0.3, 0.4) is 0 Å². The van der Waals surface area contributed by atoms with Crippen molar-refractivity contribution in [2.45, 2.75) is 6.42 Å². The van der Waals surface area contributed by atoms with Crippen molar-refractivity contribution < 1.29 is 9.72 Å². The lowest BCUT2D eigenvalue weighted by atomic mass is 10.1. The number of nitro groups is 1. The van der Waals surface area contributed by atoms with E-state index in [-0.39, 0.29) is 17.2 Å². The number of hydrogen-bond acceptors (Lipinski definition) is 5. The first-order chi connectivity index (χ1) is 13.5. The van der Waals surface area contributed by atoms with Gasteiger partial charge in [-0.15, -0.1) is 0 Å². The highest BCUT2D eigenvalue weighted by Gasteiger charge is 2.17. The van der Waals surface area contributed by atoms with Gasteiger partial charge in [-0.3, -0.25) is 14.9 Å². The van der Waals surface area contributed by atoms with Crippen LogP contribution in [0.25, 0.3) is 5.69 Å². The molecule has 0 unspecified atom stereocenters. The highest BCUT2D eigenvalue weighted by molar-refractivity contribution is 6.00. The van der Waals surface area contributed by atoms with E-state index in [2.05, 4.69) is 10.4 Å². The Kier molecular flexibility index (Phi) is 5.69. The zero-order valence-electron chi connectivity index (χ0n) is 15.7. The molecular weight excluding hydrogens is 358 g/mol. The van der Waals surface area contributed by atoms with Crippen molar-refractivity contribution >= 4 is 17.3 Å². The molecule has 3 rings (SSSR count). The minimum atomic E-state index is -0.503. The Morgan fingerprint density at radius 1 is 1.21 bits per heavy atom. The zero-order chi connectivity index (χ0) is 20.1. The molecular formula is C20H21N5O3. The van der Waals surface area contributed by atoms with Gasteiger partial charge in [-0.25, -0.2) is 4.68 Å². The normalized spacial score (nSPS) is 10.5. The predicted octanol–water partition coefficient (Wildman–Crippen LogP) is 2.82. The number of anilines is 1. The van der Waals surface area contributed by atoms with Crippen molar-refractivity contribution in [2.24, 2.45) is 0 Å². The third-order valence-electron chi connectivity index (χ3n) is 4.32. The van der Waals surface area contributed by atoms with E-state index in [0.717, 1.165) is 11.3 Å². The molecule has 1 amide bonds. The lowest BCUT2D eigenvalue weighted by Crippen LogP contribution is -2.27. The first-order valence-electron chi connectivity index (χ1n) is 8.78. The summed E-state index contributed by atoms with van der Waals surface area (Å²) < 4.78 is 1.77. The Balaban J connectivity index is 1.64. The molecule has 0 saturated carbocycles. The molecule has 0 aliphatic rings. The number of amides is 1.